The van der Waals surface area contributed by atoms with E-state index in [1.807, 2.05) is 6.26 Å². The van der Waals surface area contributed by atoms with Crippen molar-refractivity contribution in [1.82, 2.24) is 5.32 Å². The molecule has 6 nitrogen and oxygen atoms in total. The Labute approximate surface area is 115 Å². The Morgan fingerprint density at radius 1 is 1.37 bits per heavy atom. The van der Waals surface area contributed by atoms with Gasteiger partial charge in [0.25, 0.3) is 0 Å². The average Bonchev–Trinajstić information content (AvgIpc) is 2.38. The van der Waals surface area contributed by atoms with E-state index in [1.165, 1.54) is 0 Å². The van der Waals surface area contributed by atoms with Crippen molar-refractivity contribution in [3.05, 3.63) is 24.3 Å². The van der Waals surface area contributed by atoms with E-state index in [-0.39, 0.29) is 6.03 Å². The fourth-order valence-electron chi connectivity index (χ4n) is 1.27. The van der Waals surface area contributed by atoms with E-state index in [2.05, 4.69) is 10.6 Å². The Morgan fingerprint density at radius 2 is 2.11 bits per heavy atom. The molecule has 0 saturated carbocycles. The number of amides is 2. The van der Waals surface area contributed by atoms with Gasteiger partial charge in [-0.1, -0.05) is 12.1 Å². The Kier molecular flexibility index (Phi) is 6.59. The predicted octanol–water partition coefficient (Wildman–Crippen LogP) is 1.63. The summed E-state index contributed by atoms with van der Waals surface area (Å²) in [5.74, 6) is 0.0778. The molecule has 0 bridgehead atoms. The average molecular weight is 284 g/mol. The van der Waals surface area contributed by atoms with Crippen LogP contribution >= 0.6 is 11.8 Å². The van der Waals surface area contributed by atoms with Crippen LogP contribution in [0.3, 0.4) is 0 Å². The molecular formula is C12H16N2O4S. The Morgan fingerprint density at radius 3 is 2.79 bits per heavy atom. The summed E-state index contributed by atoms with van der Waals surface area (Å²) in [6.45, 7) is 0.109. The van der Waals surface area contributed by atoms with Gasteiger partial charge in [0, 0.05) is 12.3 Å². The molecule has 1 aromatic carbocycles. The molecule has 0 aliphatic rings. The van der Waals surface area contributed by atoms with Crippen LogP contribution in [0, 0.1) is 0 Å². The number of rotatable bonds is 7. The molecule has 0 fully saturated rings. The first-order chi connectivity index (χ1) is 9.13. The molecular weight excluding hydrogens is 268 g/mol. The quantitative estimate of drug-likeness (QED) is 0.662. The summed E-state index contributed by atoms with van der Waals surface area (Å²) in [6.07, 6.45) is 1.95. The van der Waals surface area contributed by atoms with Gasteiger partial charge in [0.05, 0.1) is 5.69 Å². The number of nitrogens with one attached hydrogen (secondary N) is 2. The molecule has 0 aliphatic carbocycles. The lowest BCUT2D eigenvalue weighted by atomic mass is 10.3. The summed E-state index contributed by atoms with van der Waals surface area (Å²) in [4.78, 5) is 22.0. The monoisotopic (exact) mass is 284 g/mol. The number of carboxylic acid groups (broad SMARTS) is 1. The number of carbonyl (C=O) groups excluding carboxylic acids is 1. The van der Waals surface area contributed by atoms with Gasteiger partial charge in [0.2, 0.25) is 0 Å². The van der Waals surface area contributed by atoms with E-state index in [1.54, 1.807) is 36.0 Å². The summed E-state index contributed by atoms with van der Waals surface area (Å²) in [7, 11) is 0. The van der Waals surface area contributed by atoms with Gasteiger partial charge in [-0.25, -0.2) is 9.59 Å². The number of benzene rings is 1. The Balaban J connectivity index is 2.56. The molecule has 0 unspecified atom stereocenters. The maximum Gasteiger partial charge on any atom is 0.341 e. The second-order valence-electron chi connectivity index (χ2n) is 3.55. The number of carbonyl (C=O) groups is 2. The third-order valence-electron chi connectivity index (χ3n) is 2.08. The van der Waals surface area contributed by atoms with Gasteiger partial charge in [-0.3, -0.25) is 0 Å². The van der Waals surface area contributed by atoms with E-state index in [0.717, 1.165) is 5.75 Å². The van der Waals surface area contributed by atoms with E-state index in [9.17, 15) is 9.59 Å². The van der Waals surface area contributed by atoms with Crippen molar-refractivity contribution in [3.63, 3.8) is 0 Å². The van der Waals surface area contributed by atoms with Crippen molar-refractivity contribution < 1.29 is 19.4 Å². The zero-order valence-electron chi connectivity index (χ0n) is 10.5. The minimum absolute atomic E-state index is 0.324. The van der Waals surface area contributed by atoms with Gasteiger partial charge in [-0.15, -0.1) is 0 Å². The summed E-state index contributed by atoms with van der Waals surface area (Å²) in [5.41, 5.74) is 0.436. The molecule has 3 N–H and O–H groups in total. The summed E-state index contributed by atoms with van der Waals surface area (Å²) in [6, 6.07) is 6.32. The molecule has 1 rings (SSSR count). The highest BCUT2D eigenvalue weighted by Gasteiger charge is 2.08. The van der Waals surface area contributed by atoms with E-state index >= 15 is 0 Å². The van der Waals surface area contributed by atoms with Gasteiger partial charge in [0.1, 0.15) is 5.75 Å². The van der Waals surface area contributed by atoms with Crippen molar-refractivity contribution in [2.75, 3.05) is 30.5 Å². The van der Waals surface area contributed by atoms with E-state index < -0.39 is 12.6 Å². The van der Waals surface area contributed by atoms with Gasteiger partial charge in [0.15, 0.2) is 6.61 Å². The van der Waals surface area contributed by atoms with Crippen molar-refractivity contribution >= 4 is 29.4 Å². The second-order valence-corrected chi connectivity index (χ2v) is 4.54. The number of urea groups is 1. The molecule has 0 radical (unpaired) electrons. The smallest absolute Gasteiger partial charge is 0.341 e. The highest BCUT2D eigenvalue weighted by molar-refractivity contribution is 7.98. The van der Waals surface area contributed by atoms with Gasteiger partial charge >= 0.3 is 12.0 Å². The molecule has 0 heterocycles. The lowest BCUT2D eigenvalue weighted by Gasteiger charge is -2.11. The highest BCUT2D eigenvalue weighted by Crippen LogP contribution is 2.23. The predicted molar refractivity (Wildman–Crippen MR) is 75.0 cm³/mol. The third kappa shape index (κ3) is 6.01. The van der Waals surface area contributed by atoms with Crippen LogP contribution in [0.4, 0.5) is 10.5 Å². The van der Waals surface area contributed by atoms with Crippen LogP contribution in [0.25, 0.3) is 0 Å². The van der Waals surface area contributed by atoms with Crippen molar-refractivity contribution in [2.45, 2.75) is 0 Å². The molecule has 0 saturated heterocycles. The van der Waals surface area contributed by atoms with Gasteiger partial charge in [-0.2, -0.15) is 11.8 Å². The number of anilines is 1. The minimum Gasteiger partial charge on any atom is -0.480 e. The topological polar surface area (TPSA) is 87.7 Å². The molecule has 104 valence electrons. The lowest BCUT2D eigenvalue weighted by Crippen LogP contribution is -2.30. The third-order valence-corrected chi connectivity index (χ3v) is 2.69. The number of hydrogen-bond acceptors (Lipinski definition) is 4. The largest absolute Gasteiger partial charge is 0.480 e. The molecule has 7 heteroatoms. The maximum atomic E-state index is 11.6. The minimum atomic E-state index is -1.07. The Hall–Kier alpha value is -1.89. The molecule has 2 amide bonds. The van der Waals surface area contributed by atoms with Crippen molar-refractivity contribution in [2.24, 2.45) is 0 Å². The van der Waals surface area contributed by atoms with Gasteiger partial charge < -0.3 is 20.5 Å². The molecule has 0 aliphatic heterocycles. The molecule has 19 heavy (non-hydrogen) atoms. The summed E-state index contributed by atoms with van der Waals surface area (Å²) >= 11 is 1.63. The van der Waals surface area contributed by atoms with Crippen LogP contribution in [0.5, 0.6) is 5.75 Å². The Bertz CT molecular complexity index is 439. The first kappa shape index (κ1) is 15.2. The number of carboxylic acids is 1. The van der Waals surface area contributed by atoms with E-state index in [0.29, 0.717) is 18.0 Å². The van der Waals surface area contributed by atoms with Crippen LogP contribution in [0.1, 0.15) is 0 Å². The molecule has 1 aromatic rings. The van der Waals surface area contributed by atoms with Crippen LogP contribution in [-0.4, -0.2) is 42.3 Å². The van der Waals surface area contributed by atoms with Crippen LogP contribution < -0.4 is 15.4 Å². The van der Waals surface area contributed by atoms with Crippen LogP contribution in [0.15, 0.2) is 24.3 Å². The number of ether oxygens (including phenoxy) is 1. The van der Waals surface area contributed by atoms with Crippen molar-refractivity contribution in [3.8, 4) is 5.75 Å². The SMILES string of the molecule is CSCCNC(=O)Nc1ccccc1OCC(=O)O. The van der Waals surface area contributed by atoms with Crippen molar-refractivity contribution in [1.29, 1.82) is 0 Å². The van der Waals surface area contributed by atoms with Crippen LogP contribution in [-0.2, 0) is 4.79 Å². The van der Waals surface area contributed by atoms with Crippen LogP contribution in [0.2, 0.25) is 0 Å². The fourth-order valence-corrected chi connectivity index (χ4v) is 1.57. The number of aliphatic carboxylic acids is 1. The molecule has 0 aromatic heterocycles. The zero-order chi connectivity index (χ0) is 14.1. The number of hydrogen-bond donors (Lipinski definition) is 3. The molecule has 0 atom stereocenters. The number of thioether (sulfide) groups is 1. The number of para-hydroxylation sites is 2. The summed E-state index contributed by atoms with van der Waals surface area (Å²) < 4.78 is 5.08. The van der Waals surface area contributed by atoms with E-state index in [4.69, 9.17) is 9.84 Å². The highest BCUT2D eigenvalue weighted by atomic mass is 32.2. The molecule has 0 spiro atoms. The normalized spacial score (nSPS) is 9.74. The summed E-state index contributed by atoms with van der Waals surface area (Å²) in [5, 5.41) is 13.9. The first-order valence-corrected chi connectivity index (χ1v) is 7.00. The first-order valence-electron chi connectivity index (χ1n) is 5.61. The lowest BCUT2D eigenvalue weighted by molar-refractivity contribution is -0.139. The standard InChI is InChI=1S/C12H16N2O4S/c1-19-7-6-13-12(17)14-9-4-2-3-5-10(9)18-8-11(15)16/h2-5H,6-8H2,1H3,(H,15,16)(H2,13,14,17). The fraction of sp³-hybridized carbons (Fsp3) is 0.333. The maximum absolute atomic E-state index is 11.6. The second kappa shape index (κ2) is 8.25. The van der Waals surface area contributed by atoms with Gasteiger partial charge in [-0.05, 0) is 18.4 Å². The zero-order valence-corrected chi connectivity index (χ0v) is 11.3.